The monoisotopic (exact) mass is 303 g/mol. The largest absolute Gasteiger partial charge is 0.469 e. The average Bonchev–Trinajstić information content (AvgIpc) is 2.75. The molecule has 0 saturated heterocycles. The van der Waals surface area contributed by atoms with Crippen LogP contribution in [0.2, 0.25) is 0 Å². The van der Waals surface area contributed by atoms with Crippen LogP contribution in [0.15, 0.2) is 30.5 Å². The second kappa shape index (κ2) is 6.22. The van der Waals surface area contributed by atoms with Crippen LogP contribution in [-0.4, -0.2) is 29.2 Å². The van der Waals surface area contributed by atoms with Crippen molar-refractivity contribution in [3.8, 4) is 0 Å². The highest BCUT2D eigenvalue weighted by molar-refractivity contribution is 5.88. The van der Waals surface area contributed by atoms with Crippen LogP contribution in [0.1, 0.15) is 26.3 Å². The van der Waals surface area contributed by atoms with E-state index in [2.05, 4.69) is 0 Å². The van der Waals surface area contributed by atoms with Crippen LogP contribution in [0.25, 0.3) is 10.9 Å². The summed E-state index contributed by atoms with van der Waals surface area (Å²) in [7, 11) is 1.36. The molecule has 2 aromatic rings. The first-order valence-corrected chi connectivity index (χ1v) is 7.15. The molecular weight excluding hydrogens is 282 g/mol. The number of nitrogens with zero attached hydrogens (tertiary/aromatic N) is 1. The van der Waals surface area contributed by atoms with Gasteiger partial charge in [-0.2, -0.15) is 0 Å². The summed E-state index contributed by atoms with van der Waals surface area (Å²) in [5.74, 6) is -0.613. The minimum atomic E-state index is -0.519. The Hall–Kier alpha value is -2.30. The number of aromatic nitrogens is 1. The summed E-state index contributed by atoms with van der Waals surface area (Å²) >= 11 is 0. The highest BCUT2D eigenvalue weighted by atomic mass is 16.6. The third-order valence-electron chi connectivity index (χ3n) is 3.15. The van der Waals surface area contributed by atoms with E-state index in [1.165, 1.54) is 7.11 Å². The van der Waals surface area contributed by atoms with Gasteiger partial charge in [0, 0.05) is 17.1 Å². The summed E-state index contributed by atoms with van der Waals surface area (Å²) in [6.45, 7) is 5.61. The molecular formula is C17H21NO4. The van der Waals surface area contributed by atoms with Crippen molar-refractivity contribution in [2.75, 3.05) is 7.11 Å². The molecule has 0 unspecified atom stereocenters. The van der Waals surface area contributed by atoms with Crippen molar-refractivity contribution in [1.29, 1.82) is 0 Å². The number of carbonyl (C=O) groups excluding carboxylic acids is 2. The molecule has 1 heterocycles. The number of hydrogen-bond acceptors (Lipinski definition) is 4. The third-order valence-corrected chi connectivity index (χ3v) is 3.15. The van der Waals surface area contributed by atoms with E-state index in [4.69, 9.17) is 9.47 Å². The molecule has 0 aliphatic carbocycles. The topological polar surface area (TPSA) is 57.5 Å². The van der Waals surface area contributed by atoms with Gasteiger partial charge in [-0.25, -0.2) is 0 Å². The van der Waals surface area contributed by atoms with Gasteiger partial charge in [0.25, 0.3) is 0 Å². The standard InChI is InChI=1S/C17H21NO4/c1-17(2,3)22-16(20)11-18-10-12(9-15(19)21-4)13-7-5-6-8-14(13)18/h5-8,10H,9,11H2,1-4H3. The van der Waals surface area contributed by atoms with Gasteiger partial charge in [0.15, 0.2) is 0 Å². The van der Waals surface area contributed by atoms with Gasteiger partial charge in [-0.15, -0.1) is 0 Å². The quantitative estimate of drug-likeness (QED) is 0.815. The molecule has 0 fully saturated rings. The fraction of sp³-hybridized carbons (Fsp3) is 0.412. The molecule has 1 aromatic heterocycles. The van der Waals surface area contributed by atoms with Crippen LogP contribution in [-0.2, 0) is 32.0 Å². The predicted octanol–water partition coefficient (Wildman–Crippen LogP) is 2.70. The lowest BCUT2D eigenvalue weighted by Gasteiger charge is -2.19. The van der Waals surface area contributed by atoms with E-state index in [9.17, 15) is 9.59 Å². The maximum atomic E-state index is 12.0. The predicted molar refractivity (Wildman–Crippen MR) is 83.5 cm³/mol. The zero-order valence-electron chi connectivity index (χ0n) is 13.4. The second-order valence-corrected chi connectivity index (χ2v) is 6.14. The molecule has 0 atom stereocenters. The Bertz CT molecular complexity index is 694. The summed E-state index contributed by atoms with van der Waals surface area (Å²) < 4.78 is 11.9. The number of rotatable bonds is 4. The normalized spacial score (nSPS) is 11.5. The van der Waals surface area contributed by atoms with E-state index in [1.54, 1.807) is 0 Å². The van der Waals surface area contributed by atoms with E-state index in [0.717, 1.165) is 16.5 Å². The number of hydrogen-bond donors (Lipinski definition) is 0. The number of ether oxygens (including phenoxy) is 2. The average molecular weight is 303 g/mol. The van der Waals surface area contributed by atoms with Crippen LogP contribution in [0.3, 0.4) is 0 Å². The Morgan fingerprint density at radius 2 is 1.82 bits per heavy atom. The van der Waals surface area contributed by atoms with Crippen molar-refractivity contribution in [2.45, 2.75) is 39.3 Å². The molecule has 0 aliphatic rings. The van der Waals surface area contributed by atoms with Crippen LogP contribution < -0.4 is 0 Å². The van der Waals surface area contributed by atoms with Gasteiger partial charge in [-0.3, -0.25) is 9.59 Å². The third kappa shape index (κ3) is 3.87. The highest BCUT2D eigenvalue weighted by Gasteiger charge is 2.18. The first-order valence-electron chi connectivity index (χ1n) is 7.15. The summed E-state index contributed by atoms with van der Waals surface area (Å²) in [5.41, 5.74) is 1.22. The van der Waals surface area contributed by atoms with E-state index in [0.29, 0.717) is 0 Å². The lowest BCUT2D eigenvalue weighted by atomic mass is 10.1. The lowest BCUT2D eigenvalue weighted by Crippen LogP contribution is -2.26. The van der Waals surface area contributed by atoms with E-state index < -0.39 is 5.60 Å². The Kier molecular flexibility index (Phi) is 4.54. The molecule has 5 nitrogen and oxygen atoms in total. The zero-order chi connectivity index (χ0) is 16.3. The zero-order valence-corrected chi connectivity index (χ0v) is 13.4. The van der Waals surface area contributed by atoms with Gasteiger partial charge in [0.2, 0.25) is 0 Å². The Balaban J connectivity index is 2.30. The molecule has 0 radical (unpaired) electrons. The maximum Gasteiger partial charge on any atom is 0.326 e. The van der Waals surface area contributed by atoms with Crippen molar-refractivity contribution in [1.82, 2.24) is 4.57 Å². The Labute approximate surface area is 129 Å². The van der Waals surface area contributed by atoms with Crippen molar-refractivity contribution in [3.63, 3.8) is 0 Å². The molecule has 1 aromatic carbocycles. The molecule has 0 amide bonds. The van der Waals surface area contributed by atoms with E-state index in [-0.39, 0.29) is 24.9 Å². The highest BCUT2D eigenvalue weighted by Crippen LogP contribution is 2.22. The van der Waals surface area contributed by atoms with Crippen molar-refractivity contribution in [3.05, 3.63) is 36.0 Å². The number of methoxy groups -OCH3 is 1. The smallest absolute Gasteiger partial charge is 0.326 e. The van der Waals surface area contributed by atoms with Gasteiger partial charge in [0.1, 0.15) is 12.1 Å². The molecule has 0 saturated carbocycles. The summed E-state index contributed by atoms with van der Waals surface area (Å²) in [4.78, 5) is 23.5. The SMILES string of the molecule is COC(=O)Cc1cn(CC(=O)OC(C)(C)C)c2ccccc12. The minimum absolute atomic E-state index is 0.110. The summed E-state index contributed by atoms with van der Waals surface area (Å²) in [6.07, 6.45) is 1.99. The van der Waals surface area contributed by atoms with E-state index in [1.807, 2.05) is 55.8 Å². The summed E-state index contributed by atoms with van der Waals surface area (Å²) in [5, 5.41) is 0.941. The number of esters is 2. The Morgan fingerprint density at radius 1 is 1.14 bits per heavy atom. The molecule has 118 valence electrons. The molecule has 2 rings (SSSR count). The number of fused-ring (bicyclic) bond motifs is 1. The first kappa shape index (κ1) is 16.1. The van der Waals surface area contributed by atoms with Crippen molar-refractivity contribution < 1.29 is 19.1 Å². The van der Waals surface area contributed by atoms with Gasteiger partial charge in [0.05, 0.1) is 13.5 Å². The summed E-state index contributed by atoms with van der Waals surface area (Å²) in [6, 6.07) is 7.65. The van der Waals surface area contributed by atoms with Crippen LogP contribution in [0, 0.1) is 0 Å². The van der Waals surface area contributed by atoms with Crippen molar-refractivity contribution >= 4 is 22.8 Å². The molecule has 0 bridgehead atoms. The van der Waals surface area contributed by atoms with Gasteiger partial charge in [-0.1, -0.05) is 18.2 Å². The van der Waals surface area contributed by atoms with Gasteiger partial charge < -0.3 is 14.0 Å². The van der Waals surface area contributed by atoms with Gasteiger partial charge in [-0.05, 0) is 32.4 Å². The molecule has 0 spiro atoms. The van der Waals surface area contributed by atoms with Crippen LogP contribution in [0.5, 0.6) is 0 Å². The lowest BCUT2D eigenvalue weighted by molar-refractivity contribution is -0.155. The van der Waals surface area contributed by atoms with Crippen LogP contribution in [0.4, 0.5) is 0 Å². The van der Waals surface area contributed by atoms with Gasteiger partial charge >= 0.3 is 11.9 Å². The fourth-order valence-corrected chi connectivity index (χ4v) is 2.34. The molecule has 22 heavy (non-hydrogen) atoms. The van der Waals surface area contributed by atoms with E-state index >= 15 is 0 Å². The first-order chi connectivity index (χ1) is 10.3. The number of benzene rings is 1. The van der Waals surface area contributed by atoms with Crippen LogP contribution >= 0.6 is 0 Å². The number of carbonyl (C=O) groups is 2. The second-order valence-electron chi connectivity index (χ2n) is 6.14. The minimum Gasteiger partial charge on any atom is -0.469 e. The van der Waals surface area contributed by atoms with Crippen molar-refractivity contribution in [2.24, 2.45) is 0 Å². The maximum absolute atomic E-state index is 12.0. The Morgan fingerprint density at radius 3 is 2.45 bits per heavy atom. The molecule has 5 heteroatoms. The molecule has 0 N–H and O–H groups in total. The number of para-hydroxylation sites is 1. The molecule has 0 aliphatic heterocycles. The fourth-order valence-electron chi connectivity index (χ4n) is 2.34.